The predicted molar refractivity (Wildman–Crippen MR) is 129 cm³/mol. The van der Waals surface area contributed by atoms with Gasteiger partial charge in [0.1, 0.15) is 5.69 Å². The van der Waals surface area contributed by atoms with Gasteiger partial charge in [0.25, 0.3) is 0 Å². The molecule has 2 aromatic carbocycles. The molecule has 0 unspecified atom stereocenters. The van der Waals surface area contributed by atoms with Gasteiger partial charge in [0.05, 0.1) is 5.54 Å². The van der Waals surface area contributed by atoms with Crippen molar-refractivity contribution >= 4 is 46.5 Å². The summed E-state index contributed by atoms with van der Waals surface area (Å²) in [4.78, 5) is 16.7. The van der Waals surface area contributed by atoms with Crippen molar-refractivity contribution in [3.05, 3.63) is 53.6 Å². The van der Waals surface area contributed by atoms with Gasteiger partial charge in [0.2, 0.25) is 5.91 Å². The maximum absolute atomic E-state index is 12.6. The minimum Gasteiger partial charge on any atom is -0.348 e. The first kappa shape index (κ1) is 23.3. The Morgan fingerprint density at radius 3 is 2.32 bits per heavy atom. The van der Waals surface area contributed by atoms with Gasteiger partial charge in [0, 0.05) is 47.0 Å². The van der Waals surface area contributed by atoms with Crippen molar-refractivity contribution in [3.8, 4) is 11.3 Å². The zero-order valence-electron chi connectivity index (χ0n) is 17.9. The number of hydrogen-bond donors (Lipinski definition) is 1. The van der Waals surface area contributed by atoms with Crippen LogP contribution in [0.3, 0.4) is 0 Å². The fourth-order valence-corrected chi connectivity index (χ4v) is 4.11. The Morgan fingerprint density at radius 2 is 1.71 bits per heavy atom. The fourth-order valence-electron chi connectivity index (χ4n) is 3.99. The van der Waals surface area contributed by atoms with E-state index in [0.29, 0.717) is 24.7 Å². The number of piperazine rings is 1. The molecule has 2 heterocycles. The van der Waals surface area contributed by atoms with Crippen LogP contribution in [-0.4, -0.2) is 52.2 Å². The van der Waals surface area contributed by atoms with Gasteiger partial charge in [-0.15, -0.1) is 22.6 Å². The molecule has 3 aromatic rings. The maximum Gasteiger partial charge on any atom is 0.242 e. The second-order valence-corrected chi connectivity index (χ2v) is 8.88. The van der Waals surface area contributed by atoms with Crippen LogP contribution in [0.25, 0.3) is 22.0 Å². The molecule has 0 saturated carbocycles. The quantitative estimate of drug-likeness (QED) is 0.636. The first-order valence-corrected chi connectivity index (χ1v) is 10.5. The van der Waals surface area contributed by atoms with Gasteiger partial charge in [0.15, 0.2) is 5.82 Å². The van der Waals surface area contributed by atoms with Crippen molar-refractivity contribution in [3.63, 3.8) is 0 Å². The van der Waals surface area contributed by atoms with E-state index in [2.05, 4.69) is 34.2 Å². The zero-order valence-corrected chi connectivity index (χ0v) is 19.5. The molecule has 0 radical (unpaired) electrons. The molecule has 1 fully saturated rings. The van der Waals surface area contributed by atoms with Gasteiger partial charge in [-0.05, 0) is 32.9 Å². The van der Waals surface area contributed by atoms with Gasteiger partial charge in [-0.25, -0.2) is 0 Å². The Kier molecular flexibility index (Phi) is 6.74. The van der Waals surface area contributed by atoms with E-state index in [1.165, 1.54) is 0 Å². The highest BCUT2D eigenvalue weighted by molar-refractivity contribution is 6.30. The van der Waals surface area contributed by atoms with E-state index in [4.69, 9.17) is 17.3 Å². The van der Waals surface area contributed by atoms with Crippen LogP contribution in [0.15, 0.2) is 48.5 Å². The second-order valence-electron chi connectivity index (χ2n) is 8.44. The summed E-state index contributed by atoms with van der Waals surface area (Å²) in [7, 11) is 0. The minimum absolute atomic E-state index is 0. The molecule has 8 heteroatoms. The van der Waals surface area contributed by atoms with Gasteiger partial charge < -0.3 is 15.5 Å². The average molecular weight is 460 g/mol. The van der Waals surface area contributed by atoms with Gasteiger partial charge in [-0.2, -0.15) is 0 Å². The second kappa shape index (κ2) is 8.99. The monoisotopic (exact) mass is 459 g/mol. The third-order valence-corrected chi connectivity index (χ3v) is 5.78. The highest BCUT2D eigenvalue weighted by atomic mass is 35.5. The van der Waals surface area contributed by atoms with E-state index in [1.54, 1.807) is 13.8 Å². The molecule has 0 spiro atoms. The first-order valence-electron chi connectivity index (χ1n) is 10.1. The van der Waals surface area contributed by atoms with Crippen LogP contribution in [0.2, 0.25) is 5.02 Å². The number of nitrogens with zero attached hydrogens (tertiary/aromatic N) is 4. The minimum atomic E-state index is -0.866. The Morgan fingerprint density at radius 1 is 1.06 bits per heavy atom. The third kappa shape index (κ3) is 4.61. The Bertz CT molecular complexity index is 1080. The number of nitrogens with two attached hydrogens (primary N) is 1. The summed E-state index contributed by atoms with van der Waals surface area (Å²) in [5.41, 5.74) is 6.96. The standard InChI is InChI=1S/C23H26ClN5O.ClH/c1-15-14-28(22(30)23(2,3)25)12-13-29(15)21-19-7-5-4-6-18(19)20(26-27-21)16-8-10-17(24)11-9-16;/h4-11,15H,12-14,25H2,1-3H3;1H/t15-;/m0./s1. The molecule has 1 amide bonds. The molecule has 2 N–H and O–H groups in total. The molecule has 1 saturated heterocycles. The fraction of sp³-hybridized carbons (Fsp3) is 0.348. The largest absolute Gasteiger partial charge is 0.348 e. The lowest BCUT2D eigenvalue weighted by Gasteiger charge is -2.42. The van der Waals surface area contributed by atoms with Crippen LogP contribution >= 0.6 is 24.0 Å². The third-order valence-electron chi connectivity index (χ3n) is 5.52. The van der Waals surface area contributed by atoms with Gasteiger partial charge in [-0.1, -0.05) is 48.0 Å². The van der Waals surface area contributed by atoms with Crippen molar-refractivity contribution in [2.24, 2.45) is 5.73 Å². The summed E-state index contributed by atoms with van der Waals surface area (Å²) >= 11 is 6.04. The number of hydrogen-bond acceptors (Lipinski definition) is 5. The molecule has 0 aliphatic carbocycles. The van der Waals surface area contributed by atoms with Crippen molar-refractivity contribution in [1.82, 2.24) is 15.1 Å². The maximum atomic E-state index is 12.6. The molecule has 164 valence electrons. The molecular formula is C23H27Cl2N5O. The van der Waals surface area contributed by atoms with Crippen LogP contribution in [-0.2, 0) is 4.79 Å². The lowest BCUT2D eigenvalue weighted by molar-refractivity contribution is -0.136. The number of rotatable bonds is 3. The Hall–Kier alpha value is -2.41. The summed E-state index contributed by atoms with van der Waals surface area (Å²) in [5, 5.41) is 12.0. The van der Waals surface area contributed by atoms with Crippen molar-refractivity contribution in [2.45, 2.75) is 32.4 Å². The number of halogens is 2. The Labute approximate surface area is 193 Å². The summed E-state index contributed by atoms with van der Waals surface area (Å²) in [6.45, 7) is 7.50. The average Bonchev–Trinajstić information content (AvgIpc) is 2.72. The molecule has 1 atom stereocenters. The highest BCUT2D eigenvalue weighted by Gasteiger charge is 2.34. The van der Waals surface area contributed by atoms with Crippen LogP contribution in [0.5, 0.6) is 0 Å². The number of fused-ring (bicyclic) bond motifs is 1. The normalized spacial score (nSPS) is 16.9. The van der Waals surface area contributed by atoms with Crippen molar-refractivity contribution < 1.29 is 4.79 Å². The number of amides is 1. The molecular weight excluding hydrogens is 433 g/mol. The number of carbonyl (C=O) groups is 1. The number of aromatic nitrogens is 2. The van der Waals surface area contributed by atoms with Crippen LogP contribution in [0.4, 0.5) is 5.82 Å². The van der Waals surface area contributed by atoms with E-state index < -0.39 is 5.54 Å². The van der Waals surface area contributed by atoms with E-state index in [9.17, 15) is 4.79 Å². The molecule has 1 aromatic heterocycles. The molecule has 6 nitrogen and oxygen atoms in total. The molecule has 31 heavy (non-hydrogen) atoms. The van der Waals surface area contributed by atoms with E-state index in [1.807, 2.05) is 41.3 Å². The smallest absolute Gasteiger partial charge is 0.242 e. The zero-order chi connectivity index (χ0) is 21.5. The van der Waals surface area contributed by atoms with Crippen molar-refractivity contribution in [2.75, 3.05) is 24.5 Å². The lowest BCUT2D eigenvalue weighted by Crippen LogP contribution is -2.59. The molecule has 4 rings (SSSR count). The summed E-state index contributed by atoms with van der Waals surface area (Å²) in [6.07, 6.45) is 0. The highest BCUT2D eigenvalue weighted by Crippen LogP contribution is 2.33. The van der Waals surface area contributed by atoms with Gasteiger partial charge in [-0.3, -0.25) is 4.79 Å². The summed E-state index contributed by atoms with van der Waals surface area (Å²) in [5.74, 6) is 0.818. The Balaban J connectivity index is 0.00000272. The lowest BCUT2D eigenvalue weighted by atomic mass is 10.0. The molecule has 1 aliphatic rings. The predicted octanol–water partition coefficient (Wildman–Crippen LogP) is 4.15. The SMILES string of the molecule is C[C@H]1CN(C(=O)C(C)(C)N)CCN1c1nnc(-c2ccc(Cl)cc2)c2ccccc12.Cl. The van der Waals surface area contributed by atoms with Crippen LogP contribution in [0, 0.1) is 0 Å². The number of anilines is 1. The number of benzene rings is 2. The van der Waals surface area contributed by atoms with Gasteiger partial charge >= 0.3 is 0 Å². The topological polar surface area (TPSA) is 75.3 Å². The molecule has 0 bridgehead atoms. The number of carbonyl (C=O) groups excluding carboxylic acids is 1. The van der Waals surface area contributed by atoms with E-state index in [0.717, 1.165) is 27.8 Å². The van der Waals surface area contributed by atoms with Crippen molar-refractivity contribution in [1.29, 1.82) is 0 Å². The summed E-state index contributed by atoms with van der Waals surface area (Å²) in [6, 6.07) is 15.9. The van der Waals surface area contributed by atoms with E-state index in [-0.39, 0.29) is 24.4 Å². The van der Waals surface area contributed by atoms with E-state index >= 15 is 0 Å². The molecule has 1 aliphatic heterocycles. The first-order chi connectivity index (χ1) is 14.3. The van der Waals surface area contributed by atoms with Crippen LogP contribution < -0.4 is 10.6 Å². The van der Waals surface area contributed by atoms with Crippen LogP contribution in [0.1, 0.15) is 20.8 Å². The summed E-state index contributed by atoms with van der Waals surface area (Å²) < 4.78 is 0.